The van der Waals surface area contributed by atoms with Gasteiger partial charge in [0, 0.05) is 42.1 Å². The predicted octanol–water partition coefficient (Wildman–Crippen LogP) is 4.57. The van der Waals surface area contributed by atoms with Crippen molar-refractivity contribution in [2.24, 2.45) is 0 Å². The first-order chi connectivity index (χ1) is 19.0. The molecule has 0 aliphatic heterocycles. The number of aromatic nitrogens is 4. The van der Waals surface area contributed by atoms with E-state index >= 15 is 0 Å². The van der Waals surface area contributed by atoms with Crippen molar-refractivity contribution >= 4 is 46.4 Å². The lowest BCUT2D eigenvalue weighted by molar-refractivity contribution is 0.102. The molecule has 3 aliphatic rings. The number of fused-ring (bicyclic) bond motifs is 1. The molecule has 3 aromatic rings. The van der Waals surface area contributed by atoms with Gasteiger partial charge in [-0.15, -0.1) is 5.10 Å². The normalized spacial score (nSPS) is 21.5. The van der Waals surface area contributed by atoms with E-state index in [1.807, 2.05) is 6.07 Å². The van der Waals surface area contributed by atoms with Gasteiger partial charge >= 0.3 is 6.03 Å². The highest BCUT2D eigenvalue weighted by Crippen LogP contribution is 2.30. The Morgan fingerprint density at radius 3 is 2.23 bits per heavy atom. The van der Waals surface area contributed by atoms with Crippen LogP contribution in [0.15, 0.2) is 30.6 Å². The van der Waals surface area contributed by atoms with E-state index in [2.05, 4.69) is 36.6 Å². The summed E-state index contributed by atoms with van der Waals surface area (Å²) < 4.78 is 1.59. The number of urea groups is 1. The summed E-state index contributed by atoms with van der Waals surface area (Å²) in [5, 5.41) is 21.3. The van der Waals surface area contributed by atoms with Gasteiger partial charge in [-0.1, -0.05) is 24.4 Å². The summed E-state index contributed by atoms with van der Waals surface area (Å²) in [6, 6.07) is 6.33. The number of halogens is 1. The number of pyridine rings is 1. The summed E-state index contributed by atoms with van der Waals surface area (Å²) in [5.41, 5.74) is 2.32. The van der Waals surface area contributed by atoms with Crippen LogP contribution in [-0.2, 0) is 0 Å². The van der Waals surface area contributed by atoms with Crippen molar-refractivity contribution < 1.29 is 9.59 Å². The van der Waals surface area contributed by atoms with Crippen molar-refractivity contribution in [3.8, 4) is 0 Å². The number of hydrogen-bond acceptors (Lipinski definition) is 7. The fourth-order valence-corrected chi connectivity index (χ4v) is 5.67. The van der Waals surface area contributed by atoms with Crippen LogP contribution in [0.25, 0.3) is 5.65 Å². The van der Waals surface area contributed by atoms with E-state index in [-0.39, 0.29) is 24.0 Å². The topological polar surface area (TPSA) is 137 Å². The smallest absolute Gasteiger partial charge is 0.315 e. The Labute approximate surface area is 231 Å². The van der Waals surface area contributed by atoms with Crippen LogP contribution in [0.1, 0.15) is 74.7 Å². The molecule has 3 heterocycles. The van der Waals surface area contributed by atoms with Gasteiger partial charge in [0.15, 0.2) is 11.3 Å². The lowest BCUT2D eigenvalue weighted by atomic mass is 9.91. The van der Waals surface area contributed by atoms with Crippen molar-refractivity contribution in [1.82, 2.24) is 30.2 Å². The van der Waals surface area contributed by atoms with Crippen molar-refractivity contribution in [3.05, 3.63) is 41.4 Å². The lowest BCUT2D eigenvalue weighted by Crippen LogP contribution is -2.47. The van der Waals surface area contributed by atoms with Crippen molar-refractivity contribution in [2.75, 3.05) is 16.0 Å². The van der Waals surface area contributed by atoms with E-state index in [9.17, 15) is 9.59 Å². The highest BCUT2D eigenvalue weighted by molar-refractivity contribution is 6.29. The van der Waals surface area contributed by atoms with Gasteiger partial charge in [0.25, 0.3) is 5.91 Å². The minimum Gasteiger partial charge on any atom is -0.379 e. The lowest BCUT2D eigenvalue weighted by Gasteiger charge is -2.30. The Hall–Kier alpha value is -3.60. The predicted molar refractivity (Wildman–Crippen MR) is 150 cm³/mol. The van der Waals surface area contributed by atoms with Crippen LogP contribution in [0.5, 0.6) is 0 Å². The Morgan fingerprint density at radius 2 is 1.51 bits per heavy atom. The number of amides is 3. The van der Waals surface area contributed by atoms with Crippen LogP contribution in [0.4, 0.5) is 22.0 Å². The third-order valence-electron chi connectivity index (χ3n) is 7.73. The molecule has 5 N–H and O–H groups in total. The minimum atomic E-state index is -0.339. The molecule has 3 saturated carbocycles. The standard InChI is InChI=1S/C27H34ClN9O2/c28-23-13-20(11-12-29-23)33-26(38)22-15-30-25-21(31-17-5-6-17)14-24(36-37(22)25)32-18-7-9-19(10-8-18)35-27(39)34-16-3-1-2-4-16/h11-19,31H,1-10H2,(H,32,36)(H,29,33,38)(H2,34,35,39)/t18-,19-. The molecule has 3 aromatic heterocycles. The summed E-state index contributed by atoms with van der Waals surface area (Å²) >= 11 is 5.97. The third kappa shape index (κ3) is 6.35. The number of rotatable bonds is 8. The summed E-state index contributed by atoms with van der Waals surface area (Å²) in [6.45, 7) is 0. The van der Waals surface area contributed by atoms with E-state index in [1.165, 1.54) is 25.2 Å². The van der Waals surface area contributed by atoms with Crippen molar-refractivity contribution in [2.45, 2.75) is 88.4 Å². The third-order valence-corrected chi connectivity index (χ3v) is 7.93. The van der Waals surface area contributed by atoms with Crippen molar-refractivity contribution in [3.63, 3.8) is 0 Å². The number of hydrogen-bond donors (Lipinski definition) is 5. The second-order valence-electron chi connectivity index (χ2n) is 10.9. The molecule has 0 atom stereocenters. The summed E-state index contributed by atoms with van der Waals surface area (Å²) in [4.78, 5) is 34.0. The van der Waals surface area contributed by atoms with Crippen LogP contribution in [0.3, 0.4) is 0 Å². The number of anilines is 3. The zero-order valence-electron chi connectivity index (χ0n) is 21.8. The summed E-state index contributed by atoms with van der Waals surface area (Å²) in [7, 11) is 0. The molecular weight excluding hydrogens is 518 g/mol. The van der Waals surface area contributed by atoms with Gasteiger partial charge in [-0.3, -0.25) is 4.79 Å². The molecule has 0 aromatic carbocycles. The maximum absolute atomic E-state index is 13.1. The first-order valence-corrected chi connectivity index (χ1v) is 14.3. The van der Waals surface area contributed by atoms with Gasteiger partial charge in [-0.2, -0.15) is 0 Å². The molecular formula is C27H34ClN9O2. The Balaban J connectivity index is 1.13. The second kappa shape index (κ2) is 11.3. The van der Waals surface area contributed by atoms with Crippen LogP contribution in [-0.4, -0.2) is 55.7 Å². The zero-order chi connectivity index (χ0) is 26.8. The maximum Gasteiger partial charge on any atom is 0.315 e. The van der Waals surface area contributed by atoms with E-state index < -0.39 is 0 Å². The van der Waals surface area contributed by atoms with Crippen LogP contribution in [0.2, 0.25) is 5.15 Å². The minimum absolute atomic E-state index is 0.0406. The molecule has 0 saturated heterocycles. The highest BCUT2D eigenvalue weighted by atomic mass is 35.5. The molecule has 39 heavy (non-hydrogen) atoms. The monoisotopic (exact) mass is 551 g/mol. The van der Waals surface area contributed by atoms with Crippen LogP contribution in [0, 0.1) is 0 Å². The Morgan fingerprint density at radius 1 is 0.846 bits per heavy atom. The molecule has 206 valence electrons. The first kappa shape index (κ1) is 25.7. The maximum atomic E-state index is 13.1. The van der Waals surface area contributed by atoms with Gasteiger partial charge in [-0.05, 0) is 63.5 Å². The highest BCUT2D eigenvalue weighted by Gasteiger charge is 2.27. The van der Waals surface area contributed by atoms with Gasteiger partial charge in [0.2, 0.25) is 0 Å². The zero-order valence-corrected chi connectivity index (χ0v) is 22.5. The van der Waals surface area contributed by atoms with Crippen LogP contribution < -0.4 is 26.6 Å². The number of nitrogens with one attached hydrogen (secondary N) is 5. The summed E-state index contributed by atoms with van der Waals surface area (Å²) in [5.74, 6) is 0.342. The largest absolute Gasteiger partial charge is 0.379 e. The molecule has 3 fully saturated rings. The van der Waals surface area contributed by atoms with E-state index in [0.717, 1.165) is 57.1 Å². The average Bonchev–Trinajstić information content (AvgIpc) is 3.38. The molecule has 6 rings (SSSR count). The van der Waals surface area contributed by atoms with Crippen molar-refractivity contribution in [1.29, 1.82) is 0 Å². The molecule has 12 heteroatoms. The Bertz CT molecular complexity index is 1340. The van der Waals surface area contributed by atoms with E-state index in [0.29, 0.717) is 40.1 Å². The number of carbonyl (C=O) groups excluding carboxylic acids is 2. The van der Waals surface area contributed by atoms with Gasteiger partial charge in [-0.25, -0.2) is 19.3 Å². The molecule has 0 radical (unpaired) electrons. The quantitative estimate of drug-likeness (QED) is 0.259. The fourth-order valence-electron chi connectivity index (χ4n) is 5.50. The molecule has 0 bridgehead atoms. The SMILES string of the molecule is O=C(NC1CCCC1)N[C@H]1CC[C@H](Nc2cc(NC3CC3)c3ncc(C(=O)Nc4ccnc(Cl)c4)n3n2)CC1. The average molecular weight is 552 g/mol. The second-order valence-corrected chi connectivity index (χ2v) is 11.2. The van der Waals surface area contributed by atoms with E-state index in [1.54, 1.807) is 16.6 Å². The first-order valence-electron chi connectivity index (χ1n) is 13.9. The molecule has 0 unspecified atom stereocenters. The summed E-state index contributed by atoms with van der Waals surface area (Å²) in [6.07, 6.45) is 13.5. The van der Waals surface area contributed by atoms with Gasteiger partial charge in [0.05, 0.1) is 11.9 Å². The Kier molecular flexibility index (Phi) is 7.40. The number of nitrogens with zero attached hydrogens (tertiary/aromatic N) is 4. The fraction of sp³-hybridized carbons (Fsp3) is 0.519. The molecule has 3 aliphatic carbocycles. The van der Waals surface area contributed by atoms with E-state index in [4.69, 9.17) is 16.7 Å². The molecule has 3 amide bonds. The molecule has 0 spiro atoms. The van der Waals surface area contributed by atoms with Gasteiger partial charge < -0.3 is 26.6 Å². The van der Waals surface area contributed by atoms with Crippen LogP contribution >= 0.6 is 11.6 Å². The van der Waals surface area contributed by atoms with Gasteiger partial charge in [0.1, 0.15) is 11.0 Å². The number of imidazole rings is 1. The molecule has 11 nitrogen and oxygen atoms in total. The number of carbonyl (C=O) groups is 2.